The number of hydrogen-bond donors (Lipinski definition) is 1. The number of nitrogens with one attached hydrogen (secondary N) is 1. The van der Waals surface area contributed by atoms with Gasteiger partial charge in [0, 0.05) is 11.1 Å². The topological polar surface area (TPSA) is 12.0 Å². The molecule has 2 rings (SSSR count). The second-order valence-electron chi connectivity index (χ2n) is 4.80. The highest BCUT2D eigenvalue weighted by molar-refractivity contribution is 9.10. The van der Waals surface area contributed by atoms with Crippen molar-refractivity contribution in [1.29, 1.82) is 0 Å². The lowest BCUT2D eigenvalue weighted by atomic mass is 9.96. The van der Waals surface area contributed by atoms with Crippen molar-refractivity contribution in [2.24, 2.45) is 0 Å². The second-order valence-corrected chi connectivity index (χ2v) is 5.66. The first-order valence-electron chi connectivity index (χ1n) is 6.58. The van der Waals surface area contributed by atoms with E-state index in [0.29, 0.717) is 12.1 Å². The van der Waals surface area contributed by atoms with Crippen LogP contribution in [0.4, 0.5) is 13.2 Å². The standard InChI is InChI=1S/C16H15BrF3N/c1-3-21-16(10-6-9(2)4-5-13(10)18)11-7-15(20)12(17)8-14(11)19/h4-8,16,21H,3H2,1-2H3. The van der Waals surface area contributed by atoms with E-state index in [4.69, 9.17) is 0 Å². The van der Waals surface area contributed by atoms with Gasteiger partial charge in [-0.3, -0.25) is 0 Å². The summed E-state index contributed by atoms with van der Waals surface area (Å²) in [6, 6.07) is 6.03. The Hall–Kier alpha value is -1.33. The van der Waals surface area contributed by atoms with Crippen LogP contribution in [0.15, 0.2) is 34.8 Å². The average Bonchev–Trinajstić information content (AvgIpc) is 2.43. The number of halogens is 4. The van der Waals surface area contributed by atoms with Crippen LogP contribution in [0.1, 0.15) is 29.7 Å². The zero-order valence-electron chi connectivity index (χ0n) is 11.7. The monoisotopic (exact) mass is 357 g/mol. The van der Waals surface area contributed by atoms with Gasteiger partial charge in [-0.2, -0.15) is 0 Å². The van der Waals surface area contributed by atoms with Gasteiger partial charge in [-0.05, 0) is 47.6 Å². The van der Waals surface area contributed by atoms with Crippen LogP contribution < -0.4 is 5.32 Å². The van der Waals surface area contributed by atoms with Crippen LogP contribution >= 0.6 is 15.9 Å². The van der Waals surface area contributed by atoms with Gasteiger partial charge in [-0.1, -0.05) is 24.6 Å². The molecule has 0 saturated carbocycles. The Bertz CT molecular complexity index is 658. The molecule has 0 heterocycles. The molecule has 0 aliphatic rings. The Balaban J connectivity index is 2.58. The van der Waals surface area contributed by atoms with Crippen molar-refractivity contribution in [2.45, 2.75) is 19.9 Å². The molecule has 0 radical (unpaired) electrons. The SMILES string of the molecule is CCNC(c1cc(C)ccc1F)c1cc(F)c(Br)cc1F. The van der Waals surface area contributed by atoms with E-state index in [1.165, 1.54) is 6.07 Å². The third-order valence-corrected chi connectivity index (χ3v) is 3.83. The van der Waals surface area contributed by atoms with Crippen LogP contribution in [0, 0.1) is 24.4 Å². The van der Waals surface area contributed by atoms with Crippen molar-refractivity contribution < 1.29 is 13.2 Å². The van der Waals surface area contributed by atoms with Gasteiger partial charge in [0.2, 0.25) is 0 Å². The minimum absolute atomic E-state index is 0.0451. The number of rotatable bonds is 4. The minimum Gasteiger partial charge on any atom is -0.306 e. The molecule has 0 aromatic heterocycles. The van der Waals surface area contributed by atoms with E-state index in [2.05, 4.69) is 21.2 Å². The van der Waals surface area contributed by atoms with Gasteiger partial charge in [0.15, 0.2) is 0 Å². The Labute approximate surface area is 130 Å². The lowest BCUT2D eigenvalue weighted by molar-refractivity contribution is 0.521. The Morgan fingerprint density at radius 3 is 2.33 bits per heavy atom. The van der Waals surface area contributed by atoms with E-state index in [9.17, 15) is 13.2 Å². The third-order valence-electron chi connectivity index (χ3n) is 3.22. The maximum Gasteiger partial charge on any atom is 0.137 e. The molecule has 2 aromatic rings. The van der Waals surface area contributed by atoms with Crippen molar-refractivity contribution in [3.8, 4) is 0 Å². The van der Waals surface area contributed by atoms with E-state index in [1.807, 2.05) is 13.8 Å². The summed E-state index contributed by atoms with van der Waals surface area (Å²) in [5, 5.41) is 3.01. The first-order valence-corrected chi connectivity index (χ1v) is 7.37. The molecular weight excluding hydrogens is 343 g/mol. The predicted molar refractivity (Wildman–Crippen MR) is 80.7 cm³/mol. The van der Waals surface area contributed by atoms with Crippen LogP contribution in [0.3, 0.4) is 0 Å². The Kier molecular flexibility index (Phi) is 5.06. The molecular formula is C16H15BrF3N. The maximum atomic E-state index is 14.2. The van der Waals surface area contributed by atoms with Crippen LogP contribution in [0.25, 0.3) is 0 Å². The van der Waals surface area contributed by atoms with E-state index in [1.54, 1.807) is 12.1 Å². The lowest BCUT2D eigenvalue weighted by Gasteiger charge is -2.21. The van der Waals surface area contributed by atoms with E-state index < -0.39 is 23.5 Å². The van der Waals surface area contributed by atoms with Gasteiger partial charge in [-0.15, -0.1) is 0 Å². The smallest absolute Gasteiger partial charge is 0.137 e. The molecule has 21 heavy (non-hydrogen) atoms. The molecule has 0 fully saturated rings. The highest BCUT2D eigenvalue weighted by Gasteiger charge is 2.22. The summed E-state index contributed by atoms with van der Waals surface area (Å²) in [6.07, 6.45) is 0. The van der Waals surface area contributed by atoms with Gasteiger partial charge < -0.3 is 5.32 Å². The van der Waals surface area contributed by atoms with Gasteiger partial charge in [-0.25, -0.2) is 13.2 Å². The van der Waals surface area contributed by atoms with Gasteiger partial charge in [0.05, 0.1) is 10.5 Å². The number of hydrogen-bond acceptors (Lipinski definition) is 1. The molecule has 0 saturated heterocycles. The van der Waals surface area contributed by atoms with Gasteiger partial charge in [0.1, 0.15) is 17.5 Å². The molecule has 0 spiro atoms. The van der Waals surface area contributed by atoms with Crippen molar-refractivity contribution in [3.05, 3.63) is 68.9 Å². The first kappa shape index (κ1) is 16.0. The second kappa shape index (κ2) is 6.62. The summed E-state index contributed by atoms with van der Waals surface area (Å²) in [5.41, 5.74) is 1.24. The summed E-state index contributed by atoms with van der Waals surface area (Å²) < 4.78 is 42.0. The molecule has 0 amide bonds. The molecule has 0 aliphatic heterocycles. The van der Waals surface area contributed by atoms with Crippen LogP contribution in [-0.4, -0.2) is 6.54 Å². The van der Waals surface area contributed by atoms with Crippen LogP contribution in [0.2, 0.25) is 0 Å². The first-order chi connectivity index (χ1) is 9.93. The largest absolute Gasteiger partial charge is 0.306 e. The van der Waals surface area contributed by atoms with Crippen molar-refractivity contribution in [3.63, 3.8) is 0 Å². The zero-order valence-corrected chi connectivity index (χ0v) is 13.3. The van der Waals surface area contributed by atoms with Crippen molar-refractivity contribution in [1.82, 2.24) is 5.32 Å². The number of aryl methyl sites for hydroxylation is 1. The summed E-state index contributed by atoms with van der Waals surface area (Å²) in [7, 11) is 0. The molecule has 5 heteroatoms. The maximum absolute atomic E-state index is 14.2. The van der Waals surface area contributed by atoms with Gasteiger partial charge >= 0.3 is 0 Å². The number of benzene rings is 2. The molecule has 1 N–H and O–H groups in total. The molecule has 0 bridgehead atoms. The highest BCUT2D eigenvalue weighted by Crippen LogP contribution is 2.30. The highest BCUT2D eigenvalue weighted by atomic mass is 79.9. The fraction of sp³-hybridized carbons (Fsp3) is 0.250. The fourth-order valence-electron chi connectivity index (χ4n) is 2.24. The molecule has 0 aliphatic carbocycles. The summed E-state index contributed by atoms with van der Waals surface area (Å²) in [6.45, 7) is 4.15. The molecule has 112 valence electrons. The van der Waals surface area contributed by atoms with Crippen LogP contribution in [-0.2, 0) is 0 Å². The lowest BCUT2D eigenvalue weighted by Crippen LogP contribution is -2.24. The van der Waals surface area contributed by atoms with Gasteiger partial charge in [0.25, 0.3) is 0 Å². The third kappa shape index (κ3) is 3.47. The van der Waals surface area contributed by atoms with Crippen molar-refractivity contribution >= 4 is 15.9 Å². The normalized spacial score (nSPS) is 12.5. The van der Waals surface area contributed by atoms with Crippen LogP contribution in [0.5, 0.6) is 0 Å². The molecule has 1 atom stereocenters. The fourth-order valence-corrected chi connectivity index (χ4v) is 2.55. The molecule has 1 unspecified atom stereocenters. The molecule has 1 nitrogen and oxygen atoms in total. The molecule has 2 aromatic carbocycles. The van der Waals surface area contributed by atoms with E-state index in [-0.39, 0.29) is 10.0 Å². The average molecular weight is 358 g/mol. The summed E-state index contributed by atoms with van der Waals surface area (Å²) in [5.74, 6) is -1.62. The minimum atomic E-state index is -0.738. The summed E-state index contributed by atoms with van der Waals surface area (Å²) >= 11 is 2.94. The van der Waals surface area contributed by atoms with E-state index >= 15 is 0 Å². The van der Waals surface area contributed by atoms with E-state index in [0.717, 1.165) is 17.7 Å². The predicted octanol–water partition coefficient (Wildman–Crippen LogP) is 4.87. The zero-order chi connectivity index (χ0) is 15.6. The van der Waals surface area contributed by atoms with Crippen molar-refractivity contribution in [2.75, 3.05) is 6.54 Å². The quantitative estimate of drug-likeness (QED) is 0.769. The summed E-state index contributed by atoms with van der Waals surface area (Å²) in [4.78, 5) is 0. The Morgan fingerprint density at radius 1 is 1.00 bits per heavy atom. The Morgan fingerprint density at radius 2 is 1.67 bits per heavy atom.